The van der Waals surface area contributed by atoms with Crippen LogP contribution in [-0.2, 0) is 4.79 Å². The summed E-state index contributed by atoms with van der Waals surface area (Å²) in [6, 6.07) is 13.4. The normalized spacial score (nSPS) is 12.3. The van der Waals surface area contributed by atoms with Crippen molar-refractivity contribution < 1.29 is 19.0 Å². The van der Waals surface area contributed by atoms with E-state index in [1.165, 1.54) is 0 Å². The molecule has 1 aliphatic heterocycles. The van der Waals surface area contributed by atoms with Gasteiger partial charge < -0.3 is 19.5 Å². The number of carbonyl (C=O) groups excluding carboxylic acids is 1. The number of carbonyl (C=O) groups is 1. The lowest BCUT2D eigenvalue weighted by atomic mass is 10.1. The average molecular weight is 408 g/mol. The molecule has 0 fully saturated rings. The average Bonchev–Trinajstić information content (AvgIpc) is 3.34. The van der Waals surface area contributed by atoms with Gasteiger partial charge in [-0.2, -0.15) is 4.98 Å². The summed E-state index contributed by atoms with van der Waals surface area (Å²) in [5.41, 5.74) is 2.36. The second-order valence-corrected chi connectivity index (χ2v) is 7.32. The molecule has 0 atom stereocenters. The molecule has 3 aromatic rings. The lowest BCUT2D eigenvalue weighted by Gasteiger charge is -2.09. The van der Waals surface area contributed by atoms with Crippen molar-refractivity contribution in [1.82, 2.24) is 14.8 Å². The van der Waals surface area contributed by atoms with Gasteiger partial charge in [-0.25, -0.2) is 4.68 Å². The number of nitrogens with one attached hydrogen (secondary N) is 1. The summed E-state index contributed by atoms with van der Waals surface area (Å²) >= 11 is 0. The quantitative estimate of drug-likeness (QED) is 0.635. The Kier molecular flexibility index (Phi) is 5.56. The number of fused-ring (bicyclic) bond motifs is 1. The number of hydrogen-bond acceptors (Lipinski definition) is 6. The number of aromatic nitrogens is 3. The van der Waals surface area contributed by atoms with E-state index in [1.54, 1.807) is 4.68 Å². The maximum absolute atomic E-state index is 12.0. The van der Waals surface area contributed by atoms with Crippen LogP contribution in [0.2, 0.25) is 0 Å². The number of anilines is 1. The summed E-state index contributed by atoms with van der Waals surface area (Å²) in [6.45, 7) is 6.59. The first-order chi connectivity index (χ1) is 14.5. The Balaban J connectivity index is 1.64. The molecule has 4 rings (SSSR count). The van der Waals surface area contributed by atoms with E-state index < -0.39 is 0 Å². The van der Waals surface area contributed by atoms with Crippen LogP contribution in [0.25, 0.3) is 17.1 Å². The zero-order valence-electron chi connectivity index (χ0n) is 17.2. The fraction of sp³-hybridized carbons (Fsp3) is 0.318. The van der Waals surface area contributed by atoms with Crippen molar-refractivity contribution in [3.63, 3.8) is 0 Å². The van der Waals surface area contributed by atoms with Gasteiger partial charge in [-0.05, 0) is 55.3 Å². The van der Waals surface area contributed by atoms with E-state index in [4.69, 9.17) is 14.2 Å². The number of hydrogen-bond donors (Lipinski definition) is 1. The van der Waals surface area contributed by atoms with Crippen molar-refractivity contribution in [2.75, 3.05) is 18.7 Å². The second-order valence-electron chi connectivity index (χ2n) is 7.32. The molecule has 0 saturated carbocycles. The summed E-state index contributed by atoms with van der Waals surface area (Å²) < 4.78 is 18.1. The third-order valence-electron chi connectivity index (χ3n) is 4.48. The Morgan fingerprint density at radius 2 is 1.93 bits per heavy atom. The predicted octanol–water partition coefficient (Wildman–Crippen LogP) is 4.05. The molecule has 8 nitrogen and oxygen atoms in total. The minimum Gasteiger partial charge on any atom is -0.463 e. The Morgan fingerprint density at radius 3 is 2.67 bits per heavy atom. The van der Waals surface area contributed by atoms with Gasteiger partial charge in [0.05, 0.1) is 12.3 Å². The topological polar surface area (TPSA) is 87.5 Å². The molecule has 0 bridgehead atoms. The van der Waals surface area contributed by atoms with Gasteiger partial charge in [0.15, 0.2) is 17.3 Å². The fourth-order valence-electron chi connectivity index (χ4n) is 3.15. The number of benzene rings is 2. The van der Waals surface area contributed by atoms with Gasteiger partial charge in [0.1, 0.15) is 0 Å². The van der Waals surface area contributed by atoms with Gasteiger partial charge in [-0.15, -0.1) is 5.10 Å². The summed E-state index contributed by atoms with van der Waals surface area (Å²) in [5, 5.41) is 7.41. The van der Waals surface area contributed by atoms with E-state index in [0.29, 0.717) is 42.3 Å². The van der Waals surface area contributed by atoms with Crippen LogP contribution < -0.4 is 19.5 Å². The molecule has 2 heterocycles. The summed E-state index contributed by atoms with van der Waals surface area (Å²) in [5.74, 6) is 2.30. The SMILES string of the molecule is CCOc1nc(-c2ccc3c(c2)OCO3)n(-c2ccc(NC(=O)CC(C)C)cc2)n1. The van der Waals surface area contributed by atoms with Crippen LogP contribution in [-0.4, -0.2) is 34.1 Å². The van der Waals surface area contributed by atoms with Crippen molar-refractivity contribution in [3.05, 3.63) is 42.5 Å². The van der Waals surface area contributed by atoms with Crippen molar-refractivity contribution in [1.29, 1.82) is 0 Å². The molecule has 1 aliphatic rings. The molecule has 1 aromatic heterocycles. The van der Waals surface area contributed by atoms with E-state index >= 15 is 0 Å². The highest BCUT2D eigenvalue weighted by molar-refractivity contribution is 5.90. The van der Waals surface area contributed by atoms with Crippen LogP contribution in [0, 0.1) is 5.92 Å². The second kappa shape index (κ2) is 8.44. The molecule has 30 heavy (non-hydrogen) atoms. The van der Waals surface area contributed by atoms with Crippen LogP contribution in [0.4, 0.5) is 5.69 Å². The maximum atomic E-state index is 12.0. The number of amides is 1. The monoisotopic (exact) mass is 408 g/mol. The lowest BCUT2D eigenvalue weighted by Crippen LogP contribution is -2.13. The molecular formula is C22H24N4O4. The first-order valence-electron chi connectivity index (χ1n) is 9.93. The highest BCUT2D eigenvalue weighted by Gasteiger charge is 2.19. The van der Waals surface area contributed by atoms with Crippen LogP contribution >= 0.6 is 0 Å². The fourth-order valence-corrected chi connectivity index (χ4v) is 3.15. The molecular weight excluding hydrogens is 384 g/mol. The summed E-state index contributed by atoms with van der Waals surface area (Å²) in [6.07, 6.45) is 0.483. The third-order valence-corrected chi connectivity index (χ3v) is 4.48. The first kappa shape index (κ1) is 19.8. The highest BCUT2D eigenvalue weighted by atomic mass is 16.7. The van der Waals surface area contributed by atoms with E-state index in [0.717, 1.165) is 16.9 Å². The van der Waals surface area contributed by atoms with E-state index in [2.05, 4.69) is 15.4 Å². The van der Waals surface area contributed by atoms with Gasteiger partial charge in [-0.1, -0.05) is 13.8 Å². The van der Waals surface area contributed by atoms with Gasteiger partial charge in [0.25, 0.3) is 0 Å². The first-order valence-corrected chi connectivity index (χ1v) is 9.93. The van der Waals surface area contributed by atoms with E-state index in [1.807, 2.05) is 63.2 Å². The van der Waals surface area contributed by atoms with E-state index in [-0.39, 0.29) is 12.7 Å². The maximum Gasteiger partial charge on any atom is 0.336 e. The highest BCUT2D eigenvalue weighted by Crippen LogP contribution is 2.36. The molecule has 1 amide bonds. The van der Waals surface area contributed by atoms with Gasteiger partial charge in [0.2, 0.25) is 12.7 Å². The number of nitrogens with zero attached hydrogens (tertiary/aromatic N) is 3. The minimum absolute atomic E-state index is 0.00168. The van der Waals surface area contributed by atoms with Crippen molar-refractivity contribution in [2.45, 2.75) is 27.2 Å². The molecule has 156 valence electrons. The lowest BCUT2D eigenvalue weighted by molar-refractivity contribution is -0.116. The molecule has 0 saturated heterocycles. The van der Waals surface area contributed by atoms with Crippen molar-refractivity contribution in [2.24, 2.45) is 5.92 Å². The molecule has 0 spiro atoms. The standard InChI is InChI=1S/C22H24N4O4/c1-4-28-22-24-21(15-5-10-18-19(12-15)30-13-29-18)26(25-22)17-8-6-16(7-9-17)23-20(27)11-14(2)3/h5-10,12,14H,4,11,13H2,1-3H3,(H,23,27). The van der Waals surface area contributed by atoms with Crippen LogP contribution in [0.3, 0.4) is 0 Å². The third kappa shape index (κ3) is 4.22. The molecule has 0 unspecified atom stereocenters. The van der Waals surface area contributed by atoms with Crippen LogP contribution in [0.1, 0.15) is 27.2 Å². The molecule has 1 N–H and O–H groups in total. The minimum atomic E-state index is -0.00168. The number of ether oxygens (including phenoxy) is 3. The Labute approximate surface area is 174 Å². The smallest absolute Gasteiger partial charge is 0.336 e. The Hall–Kier alpha value is -3.55. The largest absolute Gasteiger partial charge is 0.463 e. The van der Waals surface area contributed by atoms with Gasteiger partial charge in [-0.3, -0.25) is 4.79 Å². The van der Waals surface area contributed by atoms with Crippen LogP contribution in [0.15, 0.2) is 42.5 Å². The van der Waals surface area contributed by atoms with Gasteiger partial charge in [0, 0.05) is 17.7 Å². The van der Waals surface area contributed by atoms with Gasteiger partial charge >= 0.3 is 6.01 Å². The Bertz CT molecular complexity index is 1040. The molecule has 0 radical (unpaired) electrons. The van der Waals surface area contributed by atoms with Crippen molar-refractivity contribution >= 4 is 11.6 Å². The van der Waals surface area contributed by atoms with Crippen LogP contribution in [0.5, 0.6) is 17.5 Å². The predicted molar refractivity (Wildman–Crippen MR) is 112 cm³/mol. The summed E-state index contributed by atoms with van der Waals surface area (Å²) in [4.78, 5) is 16.5. The Morgan fingerprint density at radius 1 is 1.17 bits per heavy atom. The zero-order chi connectivity index (χ0) is 21.1. The number of rotatable bonds is 7. The van der Waals surface area contributed by atoms with E-state index in [9.17, 15) is 4.79 Å². The molecule has 0 aliphatic carbocycles. The molecule has 2 aromatic carbocycles. The zero-order valence-corrected chi connectivity index (χ0v) is 17.2. The summed E-state index contributed by atoms with van der Waals surface area (Å²) in [7, 11) is 0. The van der Waals surface area contributed by atoms with Crippen molar-refractivity contribution in [3.8, 4) is 34.6 Å². The molecule has 8 heteroatoms.